The van der Waals surface area contributed by atoms with Gasteiger partial charge in [0.25, 0.3) is 0 Å². The van der Waals surface area contributed by atoms with Gasteiger partial charge < -0.3 is 0 Å². The van der Waals surface area contributed by atoms with Crippen molar-refractivity contribution in [2.45, 2.75) is 31.7 Å². The van der Waals surface area contributed by atoms with E-state index in [-0.39, 0.29) is 0 Å². The van der Waals surface area contributed by atoms with Crippen molar-refractivity contribution in [2.24, 2.45) is 5.92 Å². The third kappa shape index (κ3) is 2.03. The van der Waals surface area contributed by atoms with Crippen molar-refractivity contribution in [1.82, 2.24) is 4.90 Å². The molecule has 2 aromatic carbocycles. The van der Waals surface area contributed by atoms with E-state index in [1.807, 2.05) is 0 Å². The fourth-order valence-corrected chi connectivity index (χ4v) is 4.60. The minimum atomic E-state index is 0.578. The molecule has 0 amide bonds. The van der Waals surface area contributed by atoms with Crippen molar-refractivity contribution in [3.8, 4) is 0 Å². The summed E-state index contributed by atoms with van der Waals surface area (Å²) < 4.78 is 0. The molecule has 0 saturated carbocycles. The van der Waals surface area contributed by atoms with Crippen molar-refractivity contribution >= 4 is 0 Å². The molecule has 1 saturated heterocycles. The Morgan fingerprint density at radius 3 is 2.62 bits per heavy atom. The lowest BCUT2D eigenvalue weighted by atomic mass is 9.80. The fourth-order valence-electron chi connectivity index (χ4n) is 4.60. The molecule has 0 unspecified atom stereocenters. The number of hydrogen-bond donors (Lipinski definition) is 0. The van der Waals surface area contributed by atoms with Crippen LogP contribution in [0.15, 0.2) is 48.5 Å². The van der Waals surface area contributed by atoms with E-state index in [2.05, 4.69) is 67.4 Å². The van der Waals surface area contributed by atoms with Crippen molar-refractivity contribution in [3.63, 3.8) is 0 Å². The SMILES string of the molecule is Cc1cccc([C@H]2c3ccccc3[C@@H]3[C@H]2CCCN3C)c1. The number of benzene rings is 2. The first-order valence-electron chi connectivity index (χ1n) is 8.11. The minimum absolute atomic E-state index is 0.578. The molecular formula is C20H23N. The van der Waals surface area contributed by atoms with Crippen LogP contribution in [0.5, 0.6) is 0 Å². The molecule has 1 fully saturated rings. The summed E-state index contributed by atoms with van der Waals surface area (Å²) in [6, 6.07) is 18.9. The molecule has 4 rings (SSSR count). The van der Waals surface area contributed by atoms with Crippen LogP contribution in [0.4, 0.5) is 0 Å². The number of piperidine rings is 1. The highest BCUT2D eigenvalue weighted by atomic mass is 15.1. The highest BCUT2D eigenvalue weighted by Gasteiger charge is 2.44. The van der Waals surface area contributed by atoms with Gasteiger partial charge in [0.05, 0.1) is 0 Å². The Hall–Kier alpha value is -1.60. The van der Waals surface area contributed by atoms with Crippen LogP contribution in [0.25, 0.3) is 0 Å². The normalized spacial score (nSPS) is 28.2. The zero-order chi connectivity index (χ0) is 14.4. The van der Waals surface area contributed by atoms with Crippen LogP contribution in [0.1, 0.15) is 47.1 Å². The monoisotopic (exact) mass is 277 g/mol. The number of rotatable bonds is 1. The van der Waals surface area contributed by atoms with Crippen molar-refractivity contribution in [3.05, 3.63) is 70.8 Å². The third-order valence-electron chi connectivity index (χ3n) is 5.41. The lowest BCUT2D eigenvalue weighted by Crippen LogP contribution is -2.34. The first-order valence-corrected chi connectivity index (χ1v) is 8.11. The molecule has 0 radical (unpaired) electrons. The van der Waals surface area contributed by atoms with Gasteiger partial charge in [-0.05, 0) is 56.0 Å². The maximum atomic E-state index is 2.57. The molecule has 0 N–H and O–H groups in total. The van der Waals surface area contributed by atoms with Crippen LogP contribution in [-0.4, -0.2) is 18.5 Å². The van der Waals surface area contributed by atoms with E-state index in [1.165, 1.54) is 30.5 Å². The van der Waals surface area contributed by atoms with E-state index in [0.29, 0.717) is 12.0 Å². The molecule has 0 aromatic heterocycles. The van der Waals surface area contributed by atoms with Crippen LogP contribution in [0, 0.1) is 12.8 Å². The molecule has 108 valence electrons. The van der Waals surface area contributed by atoms with Gasteiger partial charge in [-0.2, -0.15) is 0 Å². The van der Waals surface area contributed by atoms with Gasteiger partial charge in [0.2, 0.25) is 0 Å². The van der Waals surface area contributed by atoms with Crippen LogP contribution in [0.3, 0.4) is 0 Å². The summed E-state index contributed by atoms with van der Waals surface area (Å²) in [4.78, 5) is 2.57. The van der Waals surface area contributed by atoms with Crippen LogP contribution < -0.4 is 0 Å². The molecule has 2 aromatic rings. The molecule has 3 atom stereocenters. The molecule has 21 heavy (non-hydrogen) atoms. The maximum Gasteiger partial charge on any atom is 0.0385 e. The highest BCUT2D eigenvalue weighted by molar-refractivity contribution is 5.47. The Labute approximate surface area is 127 Å². The quantitative estimate of drug-likeness (QED) is 0.740. The van der Waals surface area contributed by atoms with Gasteiger partial charge in [0, 0.05) is 12.0 Å². The molecule has 0 spiro atoms. The average Bonchev–Trinajstić information content (AvgIpc) is 2.83. The molecule has 1 heteroatoms. The largest absolute Gasteiger partial charge is 0.299 e. The molecule has 2 aliphatic rings. The summed E-state index contributed by atoms with van der Waals surface area (Å²) in [5.41, 5.74) is 6.01. The fraction of sp³-hybridized carbons (Fsp3) is 0.400. The number of hydrogen-bond acceptors (Lipinski definition) is 1. The summed E-state index contributed by atoms with van der Waals surface area (Å²) in [6.45, 7) is 3.44. The van der Waals surface area contributed by atoms with Gasteiger partial charge in [-0.15, -0.1) is 0 Å². The Bertz CT molecular complexity index is 660. The second-order valence-electron chi connectivity index (χ2n) is 6.75. The molecule has 1 nitrogen and oxygen atoms in total. The van der Waals surface area contributed by atoms with E-state index in [1.54, 1.807) is 11.1 Å². The number of fused-ring (bicyclic) bond motifs is 3. The number of nitrogens with zero attached hydrogens (tertiary/aromatic N) is 1. The van der Waals surface area contributed by atoms with Gasteiger partial charge in [-0.25, -0.2) is 0 Å². The van der Waals surface area contributed by atoms with Crippen molar-refractivity contribution in [1.29, 1.82) is 0 Å². The zero-order valence-electron chi connectivity index (χ0n) is 12.9. The van der Waals surface area contributed by atoms with Crippen LogP contribution in [-0.2, 0) is 0 Å². The summed E-state index contributed by atoms with van der Waals surface area (Å²) in [7, 11) is 2.30. The van der Waals surface area contributed by atoms with E-state index in [9.17, 15) is 0 Å². The molecule has 0 bridgehead atoms. The number of likely N-dealkylation sites (tertiary alicyclic amines) is 1. The molecule has 1 aliphatic carbocycles. The van der Waals surface area contributed by atoms with Crippen molar-refractivity contribution in [2.75, 3.05) is 13.6 Å². The topological polar surface area (TPSA) is 3.24 Å². The summed E-state index contributed by atoms with van der Waals surface area (Å²) >= 11 is 0. The van der Waals surface area contributed by atoms with Crippen LogP contribution >= 0.6 is 0 Å². The van der Waals surface area contributed by atoms with E-state index < -0.39 is 0 Å². The average molecular weight is 277 g/mol. The maximum absolute atomic E-state index is 2.57. The lowest BCUT2D eigenvalue weighted by molar-refractivity contribution is 0.127. The summed E-state index contributed by atoms with van der Waals surface area (Å²) in [5, 5.41) is 0. The lowest BCUT2D eigenvalue weighted by Gasteiger charge is -2.37. The number of aryl methyl sites for hydroxylation is 1. The van der Waals surface area contributed by atoms with Gasteiger partial charge in [0.15, 0.2) is 0 Å². The van der Waals surface area contributed by atoms with E-state index >= 15 is 0 Å². The highest BCUT2D eigenvalue weighted by Crippen LogP contribution is 2.54. The smallest absolute Gasteiger partial charge is 0.0385 e. The summed E-state index contributed by atoms with van der Waals surface area (Å²) in [5.74, 6) is 1.32. The van der Waals surface area contributed by atoms with Gasteiger partial charge in [-0.1, -0.05) is 54.1 Å². The van der Waals surface area contributed by atoms with Gasteiger partial charge >= 0.3 is 0 Å². The summed E-state index contributed by atoms with van der Waals surface area (Å²) in [6.07, 6.45) is 2.68. The minimum Gasteiger partial charge on any atom is -0.299 e. The van der Waals surface area contributed by atoms with E-state index in [4.69, 9.17) is 0 Å². The van der Waals surface area contributed by atoms with Gasteiger partial charge in [-0.3, -0.25) is 4.90 Å². The van der Waals surface area contributed by atoms with Gasteiger partial charge in [0.1, 0.15) is 0 Å². The first-order chi connectivity index (χ1) is 10.3. The first kappa shape index (κ1) is 13.1. The molecular weight excluding hydrogens is 254 g/mol. The second-order valence-corrected chi connectivity index (χ2v) is 6.75. The third-order valence-corrected chi connectivity index (χ3v) is 5.41. The second kappa shape index (κ2) is 4.99. The molecule has 1 aliphatic heterocycles. The zero-order valence-corrected chi connectivity index (χ0v) is 12.9. The Morgan fingerprint density at radius 2 is 1.81 bits per heavy atom. The van der Waals surface area contributed by atoms with E-state index in [0.717, 1.165) is 5.92 Å². The van der Waals surface area contributed by atoms with Crippen molar-refractivity contribution < 1.29 is 0 Å². The Balaban J connectivity index is 1.86. The Kier molecular flexibility index (Phi) is 3.11. The molecule has 1 heterocycles. The predicted molar refractivity (Wildman–Crippen MR) is 87.6 cm³/mol. The Morgan fingerprint density at radius 1 is 1.00 bits per heavy atom. The van der Waals surface area contributed by atoms with Crippen LogP contribution in [0.2, 0.25) is 0 Å². The standard InChI is InChI=1S/C20H23N/c1-14-7-5-8-15(13-14)19-16-9-3-4-10-17(16)20-18(19)11-6-12-21(20)2/h3-5,7-10,13,18-20H,6,11-12H2,1-2H3/t18-,19-,20+/m0/s1. The predicted octanol–water partition coefficient (Wildman–Crippen LogP) is 4.52.